The maximum Gasteiger partial charge on any atom is 0.324 e. The minimum atomic E-state index is -3.93. The van der Waals surface area contributed by atoms with Crippen LogP contribution in [0.3, 0.4) is 0 Å². The largest absolute Gasteiger partial charge is 0.468 e. The number of methoxy groups -OCH3 is 1. The number of ether oxygens (including phenoxy) is 1. The number of carbonyl (C=O) groups excluding carboxylic acids is 1. The van der Waals surface area contributed by atoms with Crippen LogP contribution in [0.25, 0.3) is 0 Å². The first-order valence-electron chi connectivity index (χ1n) is 12.7. The van der Waals surface area contributed by atoms with Gasteiger partial charge in [-0.05, 0) is 40.9 Å². The fourth-order valence-corrected chi connectivity index (χ4v) is 11.1. The minimum absolute atomic E-state index is 0.0776. The summed E-state index contributed by atoms with van der Waals surface area (Å²) in [5.41, 5.74) is 4.20. The van der Waals surface area contributed by atoms with E-state index in [-0.39, 0.29) is 22.9 Å². The Morgan fingerprint density at radius 3 is 1.92 bits per heavy atom. The molecule has 0 radical (unpaired) electrons. The SMILES string of the molecule is COC(=O)[C@@H]1C[C@@H](NO[Si](c2ccccc2)(c2ccccc2)C(C)(C)C)CN1S(=O)(=O)c1ccc(C)cc1. The van der Waals surface area contributed by atoms with E-state index >= 15 is 0 Å². The van der Waals surface area contributed by atoms with Crippen LogP contribution in [0.1, 0.15) is 32.8 Å². The molecule has 0 unspecified atom stereocenters. The van der Waals surface area contributed by atoms with Crippen LogP contribution in [0.15, 0.2) is 89.8 Å². The zero-order valence-electron chi connectivity index (χ0n) is 22.5. The molecule has 1 heterocycles. The maximum absolute atomic E-state index is 13.6. The van der Waals surface area contributed by atoms with Crippen molar-refractivity contribution in [1.82, 2.24) is 9.79 Å². The van der Waals surface area contributed by atoms with Gasteiger partial charge in [-0.1, -0.05) is 99.1 Å². The molecule has 2 atom stereocenters. The molecule has 202 valence electrons. The van der Waals surface area contributed by atoms with Crippen molar-refractivity contribution >= 4 is 34.7 Å². The van der Waals surface area contributed by atoms with Crippen LogP contribution >= 0.6 is 0 Å². The molecule has 0 saturated carbocycles. The summed E-state index contributed by atoms with van der Waals surface area (Å²) in [5, 5.41) is 1.92. The Hall–Kier alpha value is -2.82. The summed E-state index contributed by atoms with van der Waals surface area (Å²) in [6.07, 6.45) is 0.232. The van der Waals surface area contributed by atoms with Crippen molar-refractivity contribution in [3.8, 4) is 0 Å². The summed E-state index contributed by atoms with van der Waals surface area (Å²) in [6, 6.07) is 25.6. The van der Waals surface area contributed by atoms with Crippen LogP contribution in [0.5, 0.6) is 0 Å². The number of esters is 1. The molecule has 0 aliphatic carbocycles. The highest BCUT2D eigenvalue weighted by atomic mass is 32.2. The first kappa shape index (κ1) is 28.2. The molecule has 0 spiro atoms. The van der Waals surface area contributed by atoms with E-state index in [9.17, 15) is 13.2 Å². The number of nitrogens with zero attached hydrogens (tertiary/aromatic N) is 1. The molecule has 1 saturated heterocycles. The lowest BCUT2D eigenvalue weighted by atomic mass is 10.2. The number of hydrogen-bond acceptors (Lipinski definition) is 6. The van der Waals surface area contributed by atoms with E-state index in [1.807, 2.05) is 43.3 Å². The van der Waals surface area contributed by atoms with E-state index in [0.717, 1.165) is 15.9 Å². The molecular formula is C29H36N2O5SSi. The molecule has 7 nitrogen and oxygen atoms in total. The Labute approximate surface area is 226 Å². The van der Waals surface area contributed by atoms with Crippen molar-refractivity contribution in [2.24, 2.45) is 0 Å². The van der Waals surface area contributed by atoms with Gasteiger partial charge in [0.1, 0.15) is 6.04 Å². The highest BCUT2D eigenvalue weighted by molar-refractivity contribution is 7.89. The quantitative estimate of drug-likeness (QED) is 0.262. The lowest BCUT2D eigenvalue weighted by molar-refractivity contribution is -0.144. The molecule has 0 amide bonds. The molecule has 1 aliphatic rings. The van der Waals surface area contributed by atoms with Crippen molar-refractivity contribution in [3.63, 3.8) is 0 Å². The Bertz CT molecular complexity index is 1300. The van der Waals surface area contributed by atoms with Gasteiger partial charge in [0.2, 0.25) is 10.0 Å². The van der Waals surface area contributed by atoms with Gasteiger partial charge in [0.25, 0.3) is 8.32 Å². The second-order valence-electron chi connectivity index (χ2n) is 10.7. The third-order valence-corrected chi connectivity index (χ3v) is 13.9. The average molecular weight is 553 g/mol. The molecule has 0 bridgehead atoms. The Morgan fingerprint density at radius 1 is 0.921 bits per heavy atom. The smallest absolute Gasteiger partial charge is 0.324 e. The lowest BCUT2D eigenvalue weighted by Gasteiger charge is -2.43. The second-order valence-corrected chi connectivity index (χ2v) is 16.9. The van der Waals surface area contributed by atoms with Crippen LogP contribution < -0.4 is 15.9 Å². The lowest BCUT2D eigenvalue weighted by Crippen LogP contribution is -2.69. The number of hydroxylamine groups is 1. The van der Waals surface area contributed by atoms with Crippen molar-refractivity contribution in [3.05, 3.63) is 90.5 Å². The number of hydrogen-bond donors (Lipinski definition) is 1. The maximum atomic E-state index is 13.6. The molecule has 4 rings (SSSR count). The van der Waals surface area contributed by atoms with E-state index in [1.54, 1.807) is 24.3 Å². The summed E-state index contributed by atoms with van der Waals surface area (Å²) < 4.78 is 40.2. The molecule has 3 aromatic carbocycles. The standard InChI is InChI=1S/C29H36N2O5SSi/c1-22-16-18-24(19-17-22)37(33,34)31-21-23(20-27(31)28(32)35-5)30-36-38(29(2,3)4,25-12-8-6-9-13-25)26-14-10-7-11-15-26/h6-19,23,27,30H,20-21H2,1-5H3/t23-,27+/m1/s1. The monoisotopic (exact) mass is 552 g/mol. The summed E-state index contributed by atoms with van der Waals surface area (Å²) in [5.74, 6) is -0.588. The van der Waals surface area contributed by atoms with E-state index in [2.05, 4.69) is 50.5 Å². The number of sulfonamides is 1. The van der Waals surface area contributed by atoms with Gasteiger partial charge < -0.3 is 9.26 Å². The minimum Gasteiger partial charge on any atom is -0.468 e. The highest BCUT2D eigenvalue weighted by Gasteiger charge is 2.52. The van der Waals surface area contributed by atoms with Gasteiger partial charge in [0.05, 0.1) is 12.0 Å². The fraction of sp³-hybridized carbons (Fsp3) is 0.345. The number of aryl methyl sites for hydroxylation is 1. The first-order valence-corrected chi connectivity index (χ1v) is 16.1. The normalized spacial score (nSPS) is 18.9. The van der Waals surface area contributed by atoms with Crippen LogP contribution in [0.2, 0.25) is 5.04 Å². The zero-order valence-corrected chi connectivity index (χ0v) is 24.4. The van der Waals surface area contributed by atoms with Crippen molar-refractivity contribution in [1.29, 1.82) is 0 Å². The van der Waals surface area contributed by atoms with Crippen molar-refractivity contribution in [2.75, 3.05) is 13.7 Å². The van der Waals surface area contributed by atoms with Crippen LogP contribution in [0.4, 0.5) is 0 Å². The van der Waals surface area contributed by atoms with E-state index in [1.165, 1.54) is 11.4 Å². The van der Waals surface area contributed by atoms with Gasteiger partial charge in [-0.15, -0.1) is 0 Å². The van der Waals surface area contributed by atoms with Gasteiger partial charge in [0.15, 0.2) is 0 Å². The fourth-order valence-electron chi connectivity index (χ4n) is 5.17. The second kappa shape index (κ2) is 11.1. The van der Waals surface area contributed by atoms with E-state index < -0.39 is 36.4 Å². The Morgan fingerprint density at radius 2 is 1.45 bits per heavy atom. The average Bonchev–Trinajstić information content (AvgIpc) is 3.35. The van der Waals surface area contributed by atoms with Gasteiger partial charge >= 0.3 is 5.97 Å². The summed E-state index contributed by atoms with van der Waals surface area (Å²) >= 11 is 0. The summed E-state index contributed by atoms with van der Waals surface area (Å²) in [4.78, 5) is 12.9. The van der Waals surface area contributed by atoms with Gasteiger partial charge in [-0.3, -0.25) is 4.79 Å². The van der Waals surface area contributed by atoms with E-state index in [0.29, 0.717) is 0 Å². The van der Waals surface area contributed by atoms with Gasteiger partial charge in [-0.25, -0.2) is 13.9 Å². The van der Waals surface area contributed by atoms with Crippen LogP contribution in [-0.2, 0) is 24.1 Å². The van der Waals surface area contributed by atoms with Gasteiger partial charge in [0, 0.05) is 12.6 Å². The van der Waals surface area contributed by atoms with Crippen molar-refractivity contribution in [2.45, 2.75) is 56.1 Å². The number of carbonyl (C=O) groups is 1. The predicted molar refractivity (Wildman–Crippen MR) is 151 cm³/mol. The van der Waals surface area contributed by atoms with E-state index in [4.69, 9.17) is 9.26 Å². The molecule has 9 heteroatoms. The number of nitrogens with one attached hydrogen (secondary N) is 1. The Kier molecular flexibility index (Phi) is 8.25. The van der Waals surface area contributed by atoms with Crippen LogP contribution in [0, 0.1) is 6.92 Å². The molecule has 1 fully saturated rings. The third kappa shape index (κ3) is 5.34. The summed E-state index contributed by atoms with van der Waals surface area (Å²) in [7, 11) is -5.56. The van der Waals surface area contributed by atoms with Crippen LogP contribution in [-0.4, -0.2) is 52.7 Å². The molecule has 1 aliphatic heterocycles. The molecule has 3 aromatic rings. The molecular weight excluding hydrogens is 516 g/mol. The molecule has 1 N–H and O–H groups in total. The van der Waals surface area contributed by atoms with Crippen molar-refractivity contribution < 1.29 is 22.5 Å². The molecule has 0 aromatic heterocycles. The Balaban J connectivity index is 1.68. The first-order chi connectivity index (χ1) is 18.0. The zero-order chi connectivity index (χ0) is 27.6. The number of rotatable bonds is 8. The topological polar surface area (TPSA) is 84.9 Å². The molecule has 38 heavy (non-hydrogen) atoms. The number of benzene rings is 3. The highest BCUT2D eigenvalue weighted by Crippen LogP contribution is 2.37. The summed E-state index contributed by atoms with van der Waals surface area (Å²) in [6.45, 7) is 8.47. The third-order valence-electron chi connectivity index (χ3n) is 7.15. The predicted octanol–water partition coefficient (Wildman–Crippen LogP) is 3.38. The van der Waals surface area contributed by atoms with Gasteiger partial charge in [-0.2, -0.15) is 4.31 Å².